The standard InChI is InChI=1S/C33H36F2N7O6P/c1-6-47-49(46,48-7-2)41(5)23-11-22(34)27(35)25-26-29(42-9-8-17-14-39(3)16-24(17)42)20(13-36-31(26)38-28(23)25)18-10-19-30(43)21(33(44)45)15-40(4)32(19)37-12-18/h10-13,15,17,24H,6-9,14,16H2,1-5H3,(H,36,38)(H,44,45)/t17-,24+/m1/s1. The molecule has 0 saturated carbocycles. The summed E-state index contributed by atoms with van der Waals surface area (Å²) in [6, 6.07) is 2.58. The van der Waals surface area contributed by atoms with E-state index in [4.69, 9.17) is 9.05 Å². The van der Waals surface area contributed by atoms with Crippen LogP contribution in [0, 0.1) is 17.6 Å². The molecule has 13 nitrogen and oxygen atoms in total. The summed E-state index contributed by atoms with van der Waals surface area (Å²) in [5.74, 6) is -3.31. The number of H-pyrrole nitrogens is 1. The summed E-state index contributed by atoms with van der Waals surface area (Å²) in [7, 11) is 1.12. The van der Waals surface area contributed by atoms with E-state index in [-0.39, 0.29) is 52.5 Å². The highest BCUT2D eigenvalue weighted by Crippen LogP contribution is 2.55. The fraction of sp³-hybridized carbons (Fsp3) is 0.394. The third-order valence-electron chi connectivity index (χ3n) is 9.62. The third kappa shape index (κ3) is 5.18. The Labute approximate surface area is 279 Å². The Balaban J connectivity index is 1.55. The first-order valence-electron chi connectivity index (χ1n) is 16.0. The van der Waals surface area contributed by atoms with Gasteiger partial charge in [0.25, 0.3) is 0 Å². The highest BCUT2D eigenvalue weighted by molar-refractivity contribution is 7.55. The number of aromatic amines is 1. The van der Waals surface area contributed by atoms with Crippen LogP contribution < -0.4 is 15.0 Å². The predicted molar refractivity (Wildman–Crippen MR) is 182 cm³/mol. The van der Waals surface area contributed by atoms with Gasteiger partial charge in [0, 0.05) is 75.6 Å². The predicted octanol–water partition coefficient (Wildman–Crippen LogP) is 5.36. The van der Waals surface area contributed by atoms with E-state index in [0.29, 0.717) is 34.7 Å². The molecule has 6 heterocycles. The Kier molecular flexibility index (Phi) is 8.21. The highest BCUT2D eigenvalue weighted by Gasteiger charge is 2.42. The molecule has 49 heavy (non-hydrogen) atoms. The van der Waals surface area contributed by atoms with E-state index in [2.05, 4.69) is 24.8 Å². The molecule has 258 valence electrons. The number of anilines is 2. The number of carboxylic acid groups (broad SMARTS) is 1. The molecule has 2 fully saturated rings. The van der Waals surface area contributed by atoms with Crippen molar-refractivity contribution in [3.63, 3.8) is 0 Å². The quantitative estimate of drug-likeness (QED) is 0.192. The highest BCUT2D eigenvalue weighted by atomic mass is 31.2. The van der Waals surface area contributed by atoms with E-state index in [0.717, 1.165) is 25.6 Å². The number of fused-ring (bicyclic) bond motifs is 5. The minimum atomic E-state index is -3.96. The van der Waals surface area contributed by atoms with Crippen LogP contribution in [0.3, 0.4) is 0 Å². The number of aromatic nitrogens is 4. The number of nitrogens with zero attached hydrogens (tertiary/aromatic N) is 6. The van der Waals surface area contributed by atoms with Crippen molar-refractivity contribution in [1.82, 2.24) is 24.4 Å². The average molecular weight is 696 g/mol. The van der Waals surface area contributed by atoms with E-state index in [1.54, 1.807) is 39.4 Å². The lowest BCUT2D eigenvalue weighted by molar-refractivity contribution is 0.0694. The second-order valence-corrected chi connectivity index (χ2v) is 14.6. The molecule has 7 rings (SSSR count). The van der Waals surface area contributed by atoms with Crippen LogP contribution in [0.15, 0.2) is 35.5 Å². The summed E-state index contributed by atoms with van der Waals surface area (Å²) >= 11 is 0. The maximum atomic E-state index is 16.2. The topological polar surface area (TPSA) is 146 Å². The molecule has 2 saturated heterocycles. The van der Waals surface area contributed by atoms with Crippen LogP contribution in [-0.2, 0) is 20.7 Å². The number of aryl methyl sites for hydroxylation is 1. The fourth-order valence-electron chi connectivity index (χ4n) is 7.47. The number of pyridine rings is 3. The summed E-state index contributed by atoms with van der Waals surface area (Å²) in [4.78, 5) is 42.0. The van der Waals surface area contributed by atoms with Gasteiger partial charge in [-0.25, -0.2) is 28.1 Å². The van der Waals surface area contributed by atoms with Crippen molar-refractivity contribution in [3.05, 3.63) is 58.1 Å². The number of hydrogen-bond acceptors (Lipinski definition) is 9. The second kappa shape index (κ2) is 12.2. The van der Waals surface area contributed by atoms with Gasteiger partial charge in [0.1, 0.15) is 16.9 Å². The van der Waals surface area contributed by atoms with E-state index in [9.17, 15) is 19.3 Å². The van der Waals surface area contributed by atoms with Crippen molar-refractivity contribution in [2.75, 3.05) is 56.5 Å². The molecular weight excluding hydrogens is 659 g/mol. The molecule has 2 aliphatic heterocycles. The van der Waals surface area contributed by atoms with Gasteiger partial charge >= 0.3 is 13.7 Å². The Morgan fingerprint density at radius 2 is 1.86 bits per heavy atom. The number of carboxylic acids is 1. The maximum absolute atomic E-state index is 16.2. The van der Waals surface area contributed by atoms with E-state index in [1.165, 1.54) is 22.5 Å². The average Bonchev–Trinajstić information content (AvgIpc) is 3.76. The molecule has 0 amide bonds. The lowest BCUT2D eigenvalue weighted by atomic mass is 9.99. The molecule has 2 atom stereocenters. The van der Waals surface area contributed by atoms with Crippen molar-refractivity contribution in [3.8, 4) is 11.1 Å². The van der Waals surface area contributed by atoms with Crippen molar-refractivity contribution < 1.29 is 32.3 Å². The minimum absolute atomic E-state index is 0.0501. The molecular formula is C33H36F2N7O6P. The molecule has 0 unspecified atom stereocenters. The van der Waals surface area contributed by atoms with Crippen LogP contribution >= 0.6 is 7.75 Å². The van der Waals surface area contributed by atoms with Crippen LogP contribution in [0.4, 0.5) is 20.2 Å². The van der Waals surface area contributed by atoms with Crippen LogP contribution in [0.2, 0.25) is 0 Å². The second-order valence-electron chi connectivity index (χ2n) is 12.6. The number of nitrogens with one attached hydrogen (secondary N) is 1. The number of hydrogen-bond donors (Lipinski definition) is 2. The molecule has 0 radical (unpaired) electrons. The Hall–Kier alpha value is -4.43. The van der Waals surface area contributed by atoms with E-state index >= 15 is 8.78 Å². The number of halogens is 2. The largest absolute Gasteiger partial charge is 0.477 e. The number of carbonyl (C=O) groups is 1. The SMILES string of the molecule is CCOP(=O)(OCC)N(C)c1cc(F)c(F)c2c1[nH]c1ncc(-c3cnc4c(c3)c(=O)c(C(=O)O)cn4C)c(N3CC[C@@H]4CN(C)C[C@@H]43)c12. The zero-order valence-electron chi connectivity index (χ0n) is 27.7. The summed E-state index contributed by atoms with van der Waals surface area (Å²) in [6.07, 6.45) is 5.26. The Morgan fingerprint density at radius 1 is 1.12 bits per heavy atom. The van der Waals surface area contributed by atoms with E-state index < -0.39 is 36.3 Å². The smallest absolute Gasteiger partial charge is 0.435 e. The van der Waals surface area contributed by atoms with Gasteiger partial charge in [0.2, 0.25) is 5.43 Å². The zero-order valence-corrected chi connectivity index (χ0v) is 28.6. The molecule has 0 bridgehead atoms. The number of aromatic carboxylic acids is 1. The summed E-state index contributed by atoms with van der Waals surface area (Å²) in [5.41, 5.74) is 1.20. The summed E-state index contributed by atoms with van der Waals surface area (Å²) < 4.78 is 59.5. The van der Waals surface area contributed by atoms with Gasteiger partial charge in [-0.1, -0.05) is 0 Å². The number of benzene rings is 1. The van der Waals surface area contributed by atoms with Crippen molar-refractivity contribution in [1.29, 1.82) is 0 Å². The van der Waals surface area contributed by atoms with Crippen molar-refractivity contribution in [2.45, 2.75) is 26.3 Å². The van der Waals surface area contributed by atoms with E-state index in [1.807, 2.05) is 7.05 Å². The molecule has 2 N–H and O–H groups in total. The number of likely N-dealkylation sites (tertiary alicyclic amines) is 1. The van der Waals surface area contributed by atoms with Crippen molar-refractivity contribution >= 4 is 58.1 Å². The van der Waals surface area contributed by atoms with Gasteiger partial charge in [-0.3, -0.25) is 18.5 Å². The third-order valence-corrected chi connectivity index (χ3v) is 11.7. The van der Waals surface area contributed by atoms with Gasteiger partial charge in [-0.2, -0.15) is 0 Å². The first-order valence-corrected chi connectivity index (χ1v) is 17.5. The van der Waals surface area contributed by atoms with Gasteiger partial charge in [0.05, 0.1) is 46.3 Å². The van der Waals surface area contributed by atoms with Crippen LogP contribution in [0.1, 0.15) is 30.6 Å². The summed E-state index contributed by atoms with van der Waals surface area (Å²) in [6.45, 7) is 5.67. The maximum Gasteiger partial charge on any atom is 0.435 e. The fourth-order valence-corrected chi connectivity index (χ4v) is 8.97. The Bertz CT molecular complexity index is 2270. The lowest BCUT2D eigenvalue weighted by Crippen LogP contribution is -2.35. The van der Waals surface area contributed by atoms with Gasteiger partial charge in [-0.15, -0.1) is 0 Å². The number of rotatable bonds is 9. The van der Waals surface area contributed by atoms with Crippen LogP contribution in [0.5, 0.6) is 0 Å². The van der Waals surface area contributed by atoms with Gasteiger partial charge < -0.3 is 24.5 Å². The minimum Gasteiger partial charge on any atom is -0.477 e. The lowest BCUT2D eigenvalue weighted by Gasteiger charge is -2.30. The molecule has 4 aromatic heterocycles. The first kappa shape index (κ1) is 33.1. The van der Waals surface area contributed by atoms with Gasteiger partial charge in [0.15, 0.2) is 11.6 Å². The summed E-state index contributed by atoms with van der Waals surface area (Å²) in [5, 5.41) is 10.00. The molecule has 1 aromatic carbocycles. The first-order chi connectivity index (χ1) is 23.4. The normalized spacial score (nSPS) is 18.3. The molecule has 5 aromatic rings. The molecule has 2 aliphatic rings. The van der Waals surface area contributed by atoms with Crippen LogP contribution in [-0.4, -0.2) is 88.5 Å². The zero-order chi connectivity index (χ0) is 34.9. The van der Waals surface area contributed by atoms with Gasteiger partial charge in [-0.05, 0) is 39.3 Å². The molecule has 16 heteroatoms. The van der Waals surface area contributed by atoms with Crippen LogP contribution in [0.25, 0.3) is 44.1 Å². The monoisotopic (exact) mass is 695 g/mol. The molecule has 0 aliphatic carbocycles. The number of likely N-dealkylation sites (N-methyl/N-ethyl adjacent to an activating group) is 1. The Morgan fingerprint density at radius 3 is 2.55 bits per heavy atom. The van der Waals surface area contributed by atoms with Crippen molar-refractivity contribution in [2.24, 2.45) is 13.0 Å². The molecule has 0 spiro atoms.